The van der Waals surface area contributed by atoms with Crippen molar-refractivity contribution in [2.75, 3.05) is 0 Å². The summed E-state index contributed by atoms with van der Waals surface area (Å²) < 4.78 is 0. The van der Waals surface area contributed by atoms with Crippen LogP contribution in [0.3, 0.4) is 0 Å². The standard InChI is InChI=1S/C24H19NO/c1-18-8-15-23(16-24(18)19(2)26)25-17-22-13-11-21(12-14-22)10-9-20-6-4-3-5-7-20/h3-8,11-17H,1-2H3. The van der Waals surface area contributed by atoms with Gasteiger partial charge in [-0.15, -0.1) is 0 Å². The van der Waals surface area contributed by atoms with Crippen LogP contribution in [0.25, 0.3) is 0 Å². The number of rotatable bonds is 3. The first-order valence-corrected chi connectivity index (χ1v) is 8.44. The summed E-state index contributed by atoms with van der Waals surface area (Å²) in [5, 5.41) is 0. The number of aliphatic imine (C=N–C) groups is 1. The summed E-state index contributed by atoms with van der Waals surface area (Å²) in [6.07, 6.45) is 1.79. The van der Waals surface area contributed by atoms with E-state index in [1.165, 1.54) is 0 Å². The van der Waals surface area contributed by atoms with Crippen LogP contribution >= 0.6 is 0 Å². The third-order valence-corrected chi connectivity index (χ3v) is 4.00. The summed E-state index contributed by atoms with van der Waals surface area (Å²) in [6.45, 7) is 3.50. The Hall–Kier alpha value is -3.44. The van der Waals surface area contributed by atoms with Gasteiger partial charge in [0.25, 0.3) is 0 Å². The Morgan fingerprint density at radius 1 is 0.885 bits per heavy atom. The van der Waals surface area contributed by atoms with Gasteiger partial charge in [0, 0.05) is 22.9 Å². The molecule has 2 nitrogen and oxygen atoms in total. The smallest absolute Gasteiger partial charge is 0.160 e. The molecular weight excluding hydrogens is 318 g/mol. The second-order valence-electron chi connectivity index (χ2n) is 6.05. The van der Waals surface area contributed by atoms with Crippen LogP contribution in [0.4, 0.5) is 5.69 Å². The zero-order valence-corrected chi connectivity index (χ0v) is 14.9. The number of aryl methyl sites for hydroxylation is 1. The lowest BCUT2D eigenvalue weighted by Gasteiger charge is -2.02. The monoisotopic (exact) mass is 337 g/mol. The van der Waals surface area contributed by atoms with Crippen LogP contribution in [0.5, 0.6) is 0 Å². The van der Waals surface area contributed by atoms with E-state index in [2.05, 4.69) is 16.8 Å². The molecule has 2 heteroatoms. The molecule has 26 heavy (non-hydrogen) atoms. The van der Waals surface area contributed by atoms with E-state index in [-0.39, 0.29) is 5.78 Å². The molecule has 0 unspecified atom stereocenters. The summed E-state index contributed by atoms with van der Waals surface area (Å²) in [4.78, 5) is 16.1. The third kappa shape index (κ3) is 4.55. The Labute approximate surface area is 154 Å². The van der Waals surface area contributed by atoms with E-state index in [0.29, 0.717) is 5.56 Å². The predicted molar refractivity (Wildman–Crippen MR) is 107 cm³/mol. The molecule has 0 aliphatic rings. The number of Topliss-reactive ketones (excluding diaryl/α,β-unsaturated/α-hetero) is 1. The van der Waals surface area contributed by atoms with Crippen LogP contribution in [0, 0.1) is 18.8 Å². The minimum absolute atomic E-state index is 0.0564. The van der Waals surface area contributed by atoms with Gasteiger partial charge in [-0.2, -0.15) is 0 Å². The minimum atomic E-state index is 0.0564. The Morgan fingerprint density at radius 3 is 2.19 bits per heavy atom. The van der Waals surface area contributed by atoms with E-state index >= 15 is 0 Å². The molecule has 0 heterocycles. The molecule has 0 atom stereocenters. The van der Waals surface area contributed by atoms with Crippen molar-refractivity contribution in [3.05, 3.63) is 101 Å². The van der Waals surface area contributed by atoms with E-state index in [0.717, 1.165) is 27.9 Å². The Balaban J connectivity index is 1.74. The molecule has 0 saturated heterocycles. The Bertz CT molecular complexity index is 1000. The van der Waals surface area contributed by atoms with Gasteiger partial charge in [-0.05, 0) is 61.4 Å². The molecule has 0 fully saturated rings. The molecule has 0 bridgehead atoms. The predicted octanol–water partition coefficient (Wildman–Crippen LogP) is 5.35. The first kappa shape index (κ1) is 17.4. The summed E-state index contributed by atoms with van der Waals surface area (Å²) in [5.41, 5.74) is 5.40. The molecule has 0 spiro atoms. The SMILES string of the molecule is CC(=O)c1cc(N=Cc2ccc(C#Cc3ccccc3)cc2)ccc1C. The highest BCUT2D eigenvalue weighted by Gasteiger charge is 2.04. The summed E-state index contributed by atoms with van der Waals surface area (Å²) in [6, 6.07) is 23.5. The van der Waals surface area contributed by atoms with Gasteiger partial charge in [0.2, 0.25) is 0 Å². The second-order valence-corrected chi connectivity index (χ2v) is 6.05. The number of carbonyl (C=O) groups excluding carboxylic acids is 1. The van der Waals surface area contributed by atoms with Crippen molar-refractivity contribution in [1.82, 2.24) is 0 Å². The highest BCUT2D eigenvalue weighted by Crippen LogP contribution is 2.18. The van der Waals surface area contributed by atoms with Gasteiger partial charge in [0.05, 0.1) is 5.69 Å². The van der Waals surface area contributed by atoms with Gasteiger partial charge in [-0.1, -0.05) is 48.2 Å². The largest absolute Gasteiger partial charge is 0.294 e. The maximum Gasteiger partial charge on any atom is 0.160 e. The zero-order chi connectivity index (χ0) is 18.4. The molecule has 0 aliphatic heterocycles. The number of ketones is 1. The molecule has 0 N–H and O–H groups in total. The lowest BCUT2D eigenvalue weighted by atomic mass is 10.0. The quantitative estimate of drug-likeness (QED) is 0.360. The van der Waals surface area contributed by atoms with Crippen molar-refractivity contribution in [3.63, 3.8) is 0 Å². The summed E-state index contributed by atoms with van der Waals surface area (Å²) in [7, 11) is 0. The van der Waals surface area contributed by atoms with E-state index in [4.69, 9.17) is 0 Å². The fraction of sp³-hybridized carbons (Fsp3) is 0.0833. The van der Waals surface area contributed by atoms with Gasteiger partial charge in [0.15, 0.2) is 5.78 Å². The first-order valence-electron chi connectivity index (χ1n) is 8.44. The number of carbonyl (C=O) groups is 1. The van der Waals surface area contributed by atoms with Gasteiger partial charge in [-0.25, -0.2) is 0 Å². The van der Waals surface area contributed by atoms with Crippen molar-refractivity contribution < 1.29 is 4.79 Å². The molecule has 3 aromatic carbocycles. The van der Waals surface area contributed by atoms with Crippen LogP contribution in [-0.4, -0.2) is 12.0 Å². The normalized spacial score (nSPS) is 10.4. The summed E-state index contributed by atoms with van der Waals surface area (Å²) >= 11 is 0. The lowest BCUT2D eigenvalue weighted by molar-refractivity contribution is 0.101. The molecule has 3 aromatic rings. The molecular formula is C24H19NO. The molecule has 3 rings (SSSR count). The average Bonchev–Trinajstić information content (AvgIpc) is 2.67. The van der Waals surface area contributed by atoms with E-state index in [1.807, 2.05) is 79.7 Å². The number of hydrogen-bond acceptors (Lipinski definition) is 2. The molecule has 0 saturated carbocycles. The second kappa shape index (κ2) is 8.09. The maximum absolute atomic E-state index is 11.6. The molecule has 0 amide bonds. The number of nitrogens with zero attached hydrogens (tertiary/aromatic N) is 1. The van der Waals surface area contributed by atoms with Gasteiger partial charge < -0.3 is 0 Å². The lowest BCUT2D eigenvalue weighted by Crippen LogP contribution is -1.95. The fourth-order valence-electron chi connectivity index (χ4n) is 2.54. The number of benzene rings is 3. The van der Waals surface area contributed by atoms with Crippen LogP contribution in [0.1, 0.15) is 39.5 Å². The van der Waals surface area contributed by atoms with Crippen LogP contribution in [0.15, 0.2) is 77.8 Å². The Morgan fingerprint density at radius 2 is 1.54 bits per heavy atom. The van der Waals surface area contributed by atoms with Crippen molar-refractivity contribution >= 4 is 17.7 Å². The molecule has 0 aliphatic carbocycles. The van der Waals surface area contributed by atoms with Gasteiger partial charge in [-0.3, -0.25) is 9.79 Å². The van der Waals surface area contributed by atoms with Crippen molar-refractivity contribution in [2.24, 2.45) is 4.99 Å². The van der Waals surface area contributed by atoms with Crippen LogP contribution in [-0.2, 0) is 0 Å². The average molecular weight is 337 g/mol. The van der Waals surface area contributed by atoms with Crippen molar-refractivity contribution in [1.29, 1.82) is 0 Å². The molecule has 126 valence electrons. The van der Waals surface area contributed by atoms with Crippen LogP contribution < -0.4 is 0 Å². The maximum atomic E-state index is 11.6. The van der Waals surface area contributed by atoms with Crippen molar-refractivity contribution in [2.45, 2.75) is 13.8 Å². The zero-order valence-electron chi connectivity index (χ0n) is 14.9. The van der Waals surface area contributed by atoms with Crippen LogP contribution in [0.2, 0.25) is 0 Å². The molecule has 0 radical (unpaired) electrons. The third-order valence-electron chi connectivity index (χ3n) is 4.00. The highest BCUT2D eigenvalue weighted by atomic mass is 16.1. The van der Waals surface area contributed by atoms with E-state index < -0.39 is 0 Å². The number of hydrogen-bond donors (Lipinski definition) is 0. The summed E-state index contributed by atoms with van der Waals surface area (Å²) in [5.74, 6) is 6.36. The Kier molecular flexibility index (Phi) is 5.41. The minimum Gasteiger partial charge on any atom is -0.294 e. The topological polar surface area (TPSA) is 29.4 Å². The van der Waals surface area contributed by atoms with Gasteiger partial charge in [0.1, 0.15) is 0 Å². The van der Waals surface area contributed by atoms with Gasteiger partial charge >= 0.3 is 0 Å². The van der Waals surface area contributed by atoms with E-state index in [1.54, 1.807) is 13.1 Å². The molecule has 0 aromatic heterocycles. The highest BCUT2D eigenvalue weighted by molar-refractivity contribution is 5.96. The first-order chi connectivity index (χ1) is 12.6. The van der Waals surface area contributed by atoms with E-state index in [9.17, 15) is 4.79 Å². The fourth-order valence-corrected chi connectivity index (χ4v) is 2.54. The van der Waals surface area contributed by atoms with Crippen molar-refractivity contribution in [3.8, 4) is 11.8 Å².